The normalized spacial score (nSPS) is 13.0. The maximum absolute atomic E-state index is 13.8. The lowest BCUT2D eigenvalue weighted by Crippen LogP contribution is -2.40. The van der Waals surface area contributed by atoms with Crippen LogP contribution in [0.1, 0.15) is 31.0 Å². The molecule has 1 aromatic carbocycles. The van der Waals surface area contributed by atoms with Crippen LogP contribution in [0.25, 0.3) is 0 Å². The summed E-state index contributed by atoms with van der Waals surface area (Å²) in [7, 11) is 0. The molecule has 18 heavy (non-hydrogen) atoms. The first-order chi connectivity index (χ1) is 8.63. The Hall–Kier alpha value is -1.01. The van der Waals surface area contributed by atoms with Crippen molar-refractivity contribution in [3.8, 4) is 0 Å². The second kappa shape index (κ2) is 7.43. The first kappa shape index (κ1) is 15.0. The Balaban J connectivity index is 3.01. The Bertz CT molecular complexity index is 368. The number of nitrogens with one attached hydrogen (secondary N) is 1. The molecule has 0 saturated heterocycles. The van der Waals surface area contributed by atoms with Gasteiger partial charge in [-0.2, -0.15) is 0 Å². The van der Waals surface area contributed by atoms with Gasteiger partial charge in [0.2, 0.25) is 0 Å². The fourth-order valence-corrected chi connectivity index (χ4v) is 1.79. The van der Waals surface area contributed by atoms with Crippen LogP contribution in [0.3, 0.4) is 0 Å². The first-order valence-corrected chi connectivity index (χ1v) is 6.09. The summed E-state index contributed by atoms with van der Waals surface area (Å²) in [4.78, 5) is 0. The van der Waals surface area contributed by atoms with E-state index < -0.39 is 12.3 Å². The Labute approximate surface area is 107 Å². The summed E-state index contributed by atoms with van der Waals surface area (Å²) in [5.74, 6) is 5.18. The van der Waals surface area contributed by atoms with Crippen molar-refractivity contribution < 1.29 is 13.9 Å². The molecule has 102 valence electrons. The van der Waals surface area contributed by atoms with Gasteiger partial charge in [0.25, 0.3) is 0 Å². The molecule has 0 aliphatic rings. The molecule has 1 aromatic rings. The Morgan fingerprint density at radius 1 is 1.28 bits per heavy atom. The van der Waals surface area contributed by atoms with Crippen LogP contribution in [-0.2, 0) is 9.47 Å². The van der Waals surface area contributed by atoms with Gasteiger partial charge in [0.15, 0.2) is 6.29 Å². The highest BCUT2D eigenvalue weighted by Crippen LogP contribution is 2.23. The van der Waals surface area contributed by atoms with Gasteiger partial charge in [0.05, 0.1) is 6.04 Å². The zero-order valence-corrected chi connectivity index (χ0v) is 11.1. The lowest BCUT2D eigenvalue weighted by Gasteiger charge is -2.26. The zero-order valence-electron chi connectivity index (χ0n) is 11.1. The molecule has 0 spiro atoms. The largest absolute Gasteiger partial charge is 0.351 e. The molecular formula is C13H21FN2O2. The van der Waals surface area contributed by atoms with Crippen molar-refractivity contribution in [3.63, 3.8) is 0 Å². The second-order valence-corrected chi connectivity index (χ2v) is 3.95. The molecule has 1 atom stereocenters. The highest BCUT2D eigenvalue weighted by Gasteiger charge is 2.25. The summed E-state index contributed by atoms with van der Waals surface area (Å²) in [5.41, 5.74) is 3.97. The SMILES string of the molecule is CCOC(OCC)C(NN)c1cc(C)ccc1F. The molecule has 0 aliphatic heterocycles. The van der Waals surface area contributed by atoms with Crippen LogP contribution < -0.4 is 11.3 Å². The van der Waals surface area contributed by atoms with Crippen LogP contribution >= 0.6 is 0 Å². The summed E-state index contributed by atoms with van der Waals surface area (Å²) in [6.45, 7) is 6.54. The predicted octanol–water partition coefficient (Wildman–Crippen LogP) is 2.04. The van der Waals surface area contributed by atoms with Crippen molar-refractivity contribution in [2.45, 2.75) is 33.1 Å². The Kier molecular flexibility index (Phi) is 6.21. The van der Waals surface area contributed by atoms with E-state index in [-0.39, 0.29) is 5.82 Å². The molecule has 3 N–H and O–H groups in total. The van der Waals surface area contributed by atoms with Crippen LogP contribution in [-0.4, -0.2) is 19.5 Å². The van der Waals surface area contributed by atoms with Crippen molar-refractivity contribution >= 4 is 0 Å². The minimum Gasteiger partial charge on any atom is -0.351 e. The van der Waals surface area contributed by atoms with Crippen molar-refractivity contribution in [2.24, 2.45) is 5.84 Å². The van der Waals surface area contributed by atoms with Crippen molar-refractivity contribution in [1.29, 1.82) is 0 Å². The van der Waals surface area contributed by atoms with E-state index in [1.807, 2.05) is 20.8 Å². The number of hydrazine groups is 1. The lowest BCUT2D eigenvalue weighted by molar-refractivity contribution is -0.155. The van der Waals surface area contributed by atoms with Gasteiger partial charge in [0, 0.05) is 18.8 Å². The molecule has 0 saturated carbocycles. The topological polar surface area (TPSA) is 56.5 Å². The van der Waals surface area contributed by atoms with E-state index in [1.165, 1.54) is 6.07 Å². The summed E-state index contributed by atoms with van der Waals surface area (Å²) in [5, 5.41) is 0. The molecule has 1 rings (SSSR count). The number of halogens is 1. The Morgan fingerprint density at radius 3 is 2.39 bits per heavy atom. The quantitative estimate of drug-likeness (QED) is 0.445. The molecule has 0 fully saturated rings. The van der Waals surface area contributed by atoms with Crippen LogP contribution in [0.15, 0.2) is 18.2 Å². The molecule has 0 aliphatic carbocycles. The van der Waals surface area contributed by atoms with Gasteiger partial charge in [-0.3, -0.25) is 5.84 Å². The van der Waals surface area contributed by atoms with Gasteiger partial charge in [-0.1, -0.05) is 17.7 Å². The van der Waals surface area contributed by atoms with E-state index in [9.17, 15) is 4.39 Å². The summed E-state index contributed by atoms with van der Waals surface area (Å²) < 4.78 is 24.7. The highest BCUT2D eigenvalue weighted by molar-refractivity contribution is 5.27. The van der Waals surface area contributed by atoms with Crippen LogP contribution in [0, 0.1) is 12.7 Å². The molecule has 5 heteroatoms. The standard InChI is InChI=1S/C13H21FN2O2/c1-4-17-13(18-5-2)12(16-15)10-8-9(3)6-7-11(10)14/h6-8,12-13,16H,4-5,15H2,1-3H3. The average molecular weight is 256 g/mol. The molecule has 0 heterocycles. The third-order valence-corrected chi connectivity index (χ3v) is 2.60. The first-order valence-electron chi connectivity index (χ1n) is 6.09. The van der Waals surface area contributed by atoms with E-state index in [1.54, 1.807) is 12.1 Å². The number of aryl methyl sites for hydroxylation is 1. The molecule has 1 unspecified atom stereocenters. The molecular weight excluding hydrogens is 235 g/mol. The number of nitrogens with two attached hydrogens (primary N) is 1. The third kappa shape index (κ3) is 3.74. The zero-order chi connectivity index (χ0) is 13.5. The fraction of sp³-hybridized carbons (Fsp3) is 0.538. The van der Waals surface area contributed by atoms with Crippen LogP contribution in [0.5, 0.6) is 0 Å². The summed E-state index contributed by atoms with van der Waals surface area (Å²) in [6.07, 6.45) is -0.610. The molecule has 0 amide bonds. The number of ether oxygens (including phenoxy) is 2. The van der Waals surface area contributed by atoms with E-state index in [0.717, 1.165) is 5.56 Å². The van der Waals surface area contributed by atoms with Crippen LogP contribution in [0.2, 0.25) is 0 Å². The van der Waals surface area contributed by atoms with Crippen molar-refractivity contribution in [3.05, 3.63) is 35.1 Å². The minimum atomic E-state index is -0.610. The number of rotatable bonds is 7. The molecule has 0 aromatic heterocycles. The summed E-state index contributed by atoms with van der Waals surface area (Å²) >= 11 is 0. The molecule has 4 nitrogen and oxygen atoms in total. The van der Waals surface area contributed by atoms with Crippen LogP contribution in [0.4, 0.5) is 4.39 Å². The number of benzene rings is 1. The number of hydrogen-bond donors (Lipinski definition) is 2. The second-order valence-electron chi connectivity index (χ2n) is 3.95. The summed E-state index contributed by atoms with van der Waals surface area (Å²) in [6, 6.07) is 4.34. The smallest absolute Gasteiger partial charge is 0.178 e. The van der Waals surface area contributed by atoms with Gasteiger partial charge in [-0.05, 0) is 26.8 Å². The van der Waals surface area contributed by atoms with Gasteiger partial charge < -0.3 is 9.47 Å². The lowest BCUT2D eigenvalue weighted by atomic mass is 10.0. The molecule has 0 bridgehead atoms. The maximum Gasteiger partial charge on any atom is 0.178 e. The maximum atomic E-state index is 13.8. The molecule has 0 radical (unpaired) electrons. The minimum absolute atomic E-state index is 0.326. The van der Waals surface area contributed by atoms with Gasteiger partial charge in [0.1, 0.15) is 5.82 Å². The van der Waals surface area contributed by atoms with Crippen molar-refractivity contribution in [2.75, 3.05) is 13.2 Å². The monoisotopic (exact) mass is 256 g/mol. The third-order valence-electron chi connectivity index (χ3n) is 2.60. The number of hydrogen-bond acceptors (Lipinski definition) is 4. The van der Waals surface area contributed by atoms with Gasteiger partial charge >= 0.3 is 0 Å². The van der Waals surface area contributed by atoms with E-state index in [2.05, 4.69) is 5.43 Å². The van der Waals surface area contributed by atoms with Crippen molar-refractivity contribution in [1.82, 2.24) is 5.43 Å². The van der Waals surface area contributed by atoms with E-state index >= 15 is 0 Å². The Morgan fingerprint density at radius 2 is 1.89 bits per heavy atom. The van der Waals surface area contributed by atoms with E-state index in [4.69, 9.17) is 15.3 Å². The average Bonchev–Trinajstić information content (AvgIpc) is 2.35. The van der Waals surface area contributed by atoms with E-state index in [0.29, 0.717) is 18.8 Å². The van der Waals surface area contributed by atoms with Gasteiger partial charge in [-0.25, -0.2) is 9.82 Å². The fourth-order valence-electron chi connectivity index (χ4n) is 1.79. The van der Waals surface area contributed by atoms with Gasteiger partial charge in [-0.15, -0.1) is 0 Å². The highest BCUT2D eigenvalue weighted by atomic mass is 19.1. The predicted molar refractivity (Wildman–Crippen MR) is 68.2 cm³/mol.